The molecule has 0 fully saturated rings. The van der Waals surface area contributed by atoms with Gasteiger partial charge < -0.3 is 0 Å². The first-order chi connectivity index (χ1) is 7.41. The summed E-state index contributed by atoms with van der Waals surface area (Å²) in [6, 6.07) is 0. The van der Waals surface area contributed by atoms with Crippen molar-refractivity contribution in [3.63, 3.8) is 0 Å². The van der Waals surface area contributed by atoms with E-state index < -0.39 is 0 Å². The van der Waals surface area contributed by atoms with Gasteiger partial charge in [0.15, 0.2) is 0 Å². The number of rotatable bonds is 10. The summed E-state index contributed by atoms with van der Waals surface area (Å²) in [4.78, 5) is 0. The van der Waals surface area contributed by atoms with Crippen molar-refractivity contribution in [2.24, 2.45) is 0 Å². The molecule has 0 rings (SSSR count). The molecule has 0 N–H and O–H groups in total. The Morgan fingerprint density at radius 1 is 0.800 bits per heavy atom. The average molecular weight is 206 g/mol. The Hall–Kier alpha value is -0.780. The van der Waals surface area contributed by atoms with Crippen molar-refractivity contribution in [3.05, 3.63) is 37.0 Å². The minimum absolute atomic E-state index is 0.991. The van der Waals surface area contributed by atoms with Gasteiger partial charge in [0.2, 0.25) is 0 Å². The fourth-order valence-electron chi connectivity index (χ4n) is 1.45. The number of hydrogen-bond acceptors (Lipinski definition) is 0. The highest BCUT2D eigenvalue weighted by Gasteiger charge is 1.85. The topological polar surface area (TPSA) is 0 Å². The standard InChI is InChI=1S/C15H26/c1-3-5-7-9-11-13-15-14-12-10-8-6-4-2/h3,7,9,13,15H,1,4-6,8,10-12,14H2,2H3/b9-7-,15-13-. The van der Waals surface area contributed by atoms with E-state index in [2.05, 4.69) is 37.8 Å². The molecule has 0 atom stereocenters. The second-order valence-corrected chi connectivity index (χ2v) is 3.91. The predicted octanol–water partition coefficient (Wildman–Crippen LogP) is 5.43. The first-order valence-corrected chi connectivity index (χ1v) is 6.32. The molecule has 0 spiro atoms. The summed E-state index contributed by atoms with van der Waals surface area (Å²) in [5.41, 5.74) is 0. The first kappa shape index (κ1) is 14.2. The lowest BCUT2D eigenvalue weighted by Crippen LogP contribution is -1.75. The van der Waals surface area contributed by atoms with Crippen molar-refractivity contribution < 1.29 is 0 Å². The molecule has 0 saturated heterocycles. The lowest BCUT2D eigenvalue weighted by molar-refractivity contribution is 0.637. The molecule has 0 unspecified atom stereocenters. The van der Waals surface area contributed by atoms with Gasteiger partial charge in [-0.3, -0.25) is 0 Å². The zero-order valence-corrected chi connectivity index (χ0v) is 10.3. The summed E-state index contributed by atoms with van der Waals surface area (Å²) < 4.78 is 0. The molecule has 0 heterocycles. The van der Waals surface area contributed by atoms with E-state index in [9.17, 15) is 0 Å². The van der Waals surface area contributed by atoms with Crippen LogP contribution in [0.1, 0.15) is 58.3 Å². The third-order valence-electron chi connectivity index (χ3n) is 2.38. The maximum absolute atomic E-state index is 3.67. The van der Waals surface area contributed by atoms with Crippen molar-refractivity contribution >= 4 is 0 Å². The van der Waals surface area contributed by atoms with Crippen molar-refractivity contribution in [1.82, 2.24) is 0 Å². The second-order valence-electron chi connectivity index (χ2n) is 3.91. The van der Waals surface area contributed by atoms with Gasteiger partial charge in [0.05, 0.1) is 0 Å². The minimum Gasteiger partial charge on any atom is -0.103 e. The Labute approximate surface area is 95.8 Å². The Kier molecular flexibility index (Phi) is 12.5. The quantitative estimate of drug-likeness (QED) is 0.330. The van der Waals surface area contributed by atoms with E-state index >= 15 is 0 Å². The minimum atomic E-state index is 0.991. The van der Waals surface area contributed by atoms with E-state index in [1.165, 1.54) is 38.5 Å². The second kappa shape index (κ2) is 13.2. The normalized spacial score (nSPS) is 11.5. The summed E-state index contributed by atoms with van der Waals surface area (Å²) in [7, 11) is 0. The summed E-state index contributed by atoms with van der Waals surface area (Å²) >= 11 is 0. The fraction of sp³-hybridized carbons (Fsp3) is 0.600. The van der Waals surface area contributed by atoms with Crippen molar-refractivity contribution in [3.8, 4) is 0 Å². The number of allylic oxidation sites excluding steroid dienone is 5. The van der Waals surface area contributed by atoms with Gasteiger partial charge in [0.25, 0.3) is 0 Å². The Bertz CT molecular complexity index is 174. The number of hydrogen-bond donors (Lipinski definition) is 0. The van der Waals surface area contributed by atoms with Gasteiger partial charge in [-0.25, -0.2) is 0 Å². The molecule has 0 amide bonds. The van der Waals surface area contributed by atoms with Crippen LogP contribution in [0, 0.1) is 0 Å². The summed E-state index contributed by atoms with van der Waals surface area (Å²) in [5.74, 6) is 0. The molecule has 15 heavy (non-hydrogen) atoms. The maximum atomic E-state index is 3.67. The summed E-state index contributed by atoms with van der Waals surface area (Å²) in [6.45, 7) is 5.93. The van der Waals surface area contributed by atoms with E-state index in [4.69, 9.17) is 0 Å². The predicted molar refractivity (Wildman–Crippen MR) is 71.1 cm³/mol. The van der Waals surface area contributed by atoms with E-state index in [0.29, 0.717) is 0 Å². The largest absolute Gasteiger partial charge is 0.103 e. The number of unbranched alkanes of at least 4 members (excludes halogenated alkanes) is 5. The van der Waals surface area contributed by atoms with Crippen LogP contribution >= 0.6 is 0 Å². The highest BCUT2D eigenvalue weighted by atomic mass is 13.9. The third kappa shape index (κ3) is 13.2. The van der Waals surface area contributed by atoms with E-state index in [-0.39, 0.29) is 0 Å². The molecule has 0 aliphatic carbocycles. The Morgan fingerprint density at radius 2 is 1.47 bits per heavy atom. The first-order valence-electron chi connectivity index (χ1n) is 6.32. The zero-order valence-electron chi connectivity index (χ0n) is 10.3. The molecule has 0 aromatic carbocycles. The van der Waals surface area contributed by atoms with E-state index in [1.807, 2.05) is 6.08 Å². The molecule has 0 bridgehead atoms. The molecule has 0 heteroatoms. The lowest BCUT2D eigenvalue weighted by Gasteiger charge is -1.95. The molecule has 0 aliphatic rings. The van der Waals surface area contributed by atoms with Crippen LogP contribution in [-0.4, -0.2) is 0 Å². The molecule has 0 radical (unpaired) electrons. The third-order valence-corrected chi connectivity index (χ3v) is 2.38. The summed E-state index contributed by atoms with van der Waals surface area (Å²) in [6.07, 6.45) is 21.1. The van der Waals surface area contributed by atoms with Gasteiger partial charge in [-0.15, -0.1) is 6.58 Å². The molecule has 0 aliphatic heterocycles. The van der Waals surface area contributed by atoms with E-state index in [0.717, 1.165) is 12.8 Å². The zero-order chi connectivity index (χ0) is 11.2. The molecular weight excluding hydrogens is 180 g/mol. The van der Waals surface area contributed by atoms with Crippen LogP contribution in [-0.2, 0) is 0 Å². The van der Waals surface area contributed by atoms with E-state index in [1.54, 1.807) is 0 Å². The smallest absolute Gasteiger partial charge is 0.0169 e. The monoisotopic (exact) mass is 206 g/mol. The molecule has 0 aromatic rings. The van der Waals surface area contributed by atoms with Crippen LogP contribution in [0.2, 0.25) is 0 Å². The molecule has 0 aromatic heterocycles. The van der Waals surface area contributed by atoms with Crippen LogP contribution in [0.15, 0.2) is 37.0 Å². The highest BCUT2D eigenvalue weighted by molar-refractivity contribution is 4.95. The van der Waals surface area contributed by atoms with Gasteiger partial charge >= 0.3 is 0 Å². The van der Waals surface area contributed by atoms with Crippen LogP contribution in [0.3, 0.4) is 0 Å². The molecular formula is C15H26. The van der Waals surface area contributed by atoms with Crippen molar-refractivity contribution in [1.29, 1.82) is 0 Å². The molecule has 86 valence electrons. The highest BCUT2D eigenvalue weighted by Crippen LogP contribution is 2.05. The Morgan fingerprint density at radius 3 is 2.20 bits per heavy atom. The summed E-state index contributed by atoms with van der Waals surface area (Å²) in [5, 5.41) is 0. The maximum Gasteiger partial charge on any atom is -0.0169 e. The van der Waals surface area contributed by atoms with Gasteiger partial charge in [0, 0.05) is 0 Å². The average Bonchev–Trinajstić information content (AvgIpc) is 2.26. The van der Waals surface area contributed by atoms with Crippen molar-refractivity contribution in [2.45, 2.75) is 58.3 Å². The van der Waals surface area contributed by atoms with Crippen LogP contribution in [0.4, 0.5) is 0 Å². The molecule has 0 saturated carbocycles. The SMILES string of the molecule is C=CC/C=C\C/C=C\CCCCCCC. The Balaban J connectivity index is 3.13. The van der Waals surface area contributed by atoms with Gasteiger partial charge in [-0.2, -0.15) is 0 Å². The van der Waals surface area contributed by atoms with Crippen LogP contribution in [0.5, 0.6) is 0 Å². The van der Waals surface area contributed by atoms with Crippen molar-refractivity contribution in [2.75, 3.05) is 0 Å². The van der Waals surface area contributed by atoms with Gasteiger partial charge in [-0.1, -0.05) is 63.0 Å². The van der Waals surface area contributed by atoms with Gasteiger partial charge in [-0.05, 0) is 25.7 Å². The van der Waals surface area contributed by atoms with Crippen LogP contribution in [0.25, 0.3) is 0 Å². The molecule has 0 nitrogen and oxygen atoms in total. The lowest BCUT2D eigenvalue weighted by atomic mass is 10.1. The fourth-order valence-corrected chi connectivity index (χ4v) is 1.45. The van der Waals surface area contributed by atoms with Crippen LogP contribution < -0.4 is 0 Å². The van der Waals surface area contributed by atoms with Gasteiger partial charge in [0.1, 0.15) is 0 Å².